The lowest BCUT2D eigenvalue weighted by molar-refractivity contribution is -0.150. The van der Waals surface area contributed by atoms with E-state index in [-0.39, 0.29) is 18.5 Å². The number of carbonyl (C=O) groups excluding carboxylic acids is 1. The van der Waals surface area contributed by atoms with Gasteiger partial charge in [-0.25, -0.2) is 0 Å². The Balaban J connectivity index is 3.81. The molecule has 0 aromatic carbocycles. The summed E-state index contributed by atoms with van der Waals surface area (Å²) in [6.07, 6.45) is 44.1. The molecular weight excluding hydrogens is 520 g/mol. The summed E-state index contributed by atoms with van der Waals surface area (Å²) in [5.41, 5.74) is 0. The summed E-state index contributed by atoms with van der Waals surface area (Å²) in [4.78, 5) is 23.3. The second kappa shape index (κ2) is 33.4. The molecule has 0 rings (SSSR count). The molecule has 1 N–H and O–H groups in total. The van der Waals surface area contributed by atoms with E-state index in [0.717, 1.165) is 64.2 Å². The molecule has 0 amide bonds. The summed E-state index contributed by atoms with van der Waals surface area (Å²) in [5, 5.41) is 8.94. The van der Waals surface area contributed by atoms with Gasteiger partial charge in [0.25, 0.3) is 0 Å². The number of carboxylic acids is 1. The van der Waals surface area contributed by atoms with Gasteiger partial charge in [0.05, 0.1) is 0 Å². The summed E-state index contributed by atoms with van der Waals surface area (Å²) in [6, 6.07) is 0. The molecule has 242 valence electrons. The minimum Gasteiger partial charge on any atom is -0.481 e. The first-order valence-electron chi connectivity index (χ1n) is 17.6. The van der Waals surface area contributed by atoms with Crippen LogP contribution < -0.4 is 0 Å². The Morgan fingerprint density at radius 3 is 1.52 bits per heavy atom. The Morgan fingerprint density at radius 1 is 0.524 bits per heavy atom. The van der Waals surface area contributed by atoms with E-state index in [1.54, 1.807) is 0 Å². The van der Waals surface area contributed by atoms with Crippen LogP contribution in [-0.4, -0.2) is 23.1 Å². The Kier molecular flexibility index (Phi) is 31.7. The molecule has 0 bridgehead atoms. The van der Waals surface area contributed by atoms with E-state index in [1.165, 1.54) is 70.6 Å². The van der Waals surface area contributed by atoms with Crippen LogP contribution in [0.1, 0.15) is 174 Å². The minimum atomic E-state index is -0.779. The third-order valence-corrected chi connectivity index (χ3v) is 7.55. The number of esters is 1. The van der Waals surface area contributed by atoms with E-state index in [9.17, 15) is 9.59 Å². The lowest BCUT2D eigenvalue weighted by atomic mass is 10.0. The summed E-state index contributed by atoms with van der Waals surface area (Å²) in [5.74, 6) is -0.891. The average molecular weight is 587 g/mol. The number of ether oxygens (including phenoxy) is 1. The number of carboxylic acid groups (broad SMARTS) is 1. The van der Waals surface area contributed by atoms with Gasteiger partial charge < -0.3 is 9.84 Å². The van der Waals surface area contributed by atoms with Gasteiger partial charge in [-0.05, 0) is 77.0 Å². The van der Waals surface area contributed by atoms with Crippen molar-refractivity contribution in [3.05, 3.63) is 48.6 Å². The number of carbonyl (C=O) groups is 2. The minimum absolute atomic E-state index is 0.112. The van der Waals surface area contributed by atoms with Gasteiger partial charge >= 0.3 is 11.9 Å². The van der Waals surface area contributed by atoms with Crippen molar-refractivity contribution in [1.82, 2.24) is 0 Å². The van der Waals surface area contributed by atoms with Crippen LogP contribution in [-0.2, 0) is 14.3 Å². The standard InChI is InChI=1S/C38H66O4/c1-3-5-7-9-11-12-13-14-15-16-17-18-19-20-21-22-23-24-26-28-30-35-38(41)42-36(33-31-34-37(39)40)32-29-27-25-10-8-6-4-2/h11-12,14-15,17-18,20-21,36H,3-10,13,16,19,22-35H2,1-2H3,(H,39,40)/b12-11-,15-14-,18-17-,21-20-. The maximum atomic E-state index is 12.4. The van der Waals surface area contributed by atoms with Crippen molar-refractivity contribution in [2.75, 3.05) is 0 Å². The molecule has 0 aliphatic rings. The van der Waals surface area contributed by atoms with Gasteiger partial charge in [0, 0.05) is 12.8 Å². The molecule has 0 aromatic rings. The lowest BCUT2D eigenvalue weighted by Gasteiger charge is -2.18. The predicted molar refractivity (Wildman–Crippen MR) is 181 cm³/mol. The smallest absolute Gasteiger partial charge is 0.306 e. The highest BCUT2D eigenvalue weighted by Gasteiger charge is 2.15. The van der Waals surface area contributed by atoms with Crippen molar-refractivity contribution < 1.29 is 19.4 Å². The number of unbranched alkanes of at least 4 members (excludes halogenated alkanes) is 14. The van der Waals surface area contributed by atoms with Crippen molar-refractivity contribution in [2.24, 2.45) is 0 Å². The third kappa shape index (κ3) is 32.4. The number of hydrogen-bond donors (Lipinski definition) is 1. The van der Waals surface area contributed by atoms with E-state index in [0.29, 0.717) is 19.3 Å². The molecule has 1 atom stereocenters. The van der Waals surface area contributed by atoms with E-state index < -0.39 is 5.97 Å². The monoisotopic (exact) mass is 586 g/mol. The first-order valence-corrected chi connectivity index (χ1v) is 17.6. The fraction of sp³-hybridized carbons (Fsp3) is 0.737. The number of aliphatic carboxylic acids is 1. The first-order chi connectivity index (χ1) is 20.6. The van der Waals surface area contributed by atoms with Crippen molar-refractivity contribution in [3.8, 4) is 0 Å². The maximum absolute atomic E-state index is 12.4. The van der Waals surface area contributed by atoms with Gasteiger partial charge in [0.1, 0.15) is 6.10 Å². The van der Waals surface area contributed by atoms with Crippen LogP contribution in [0.25, 0.3) is 0 Å². The number of allylic oxidation sites excluding steroid dienone is 8. The van der Waals surface area contributed by atoms with Crippen molar-refractivity contribution in [1.29, 1.82) is 0 Å². The van der Waals surface area contributed by atoms with Crippen LogP contribution in [0.2, 0.25) is 0 Å². The predicted octanol–water partition coefficient (Wildman–Crippen LogP) is 12.0. The second-order valence-electron chi connectivity index (χ2n) is 11.7. The second-order valence-corrected chi connectivity index (χ2v) is 11.7. The molecule has 0 aliphatic heterocycles. The largest absolute Gasteiger partial charge is 0.481 e. The molecule has 0 saturated carbocycles. The van der Waals surface area contributed by atoms with Gasteiger partial charge in [0.15, 0.2) is 0 Å². The molecule has 4 nitrogen and oxygen atoms in total. The van der Waals surface area contributed by atoms with E-state index in [4.69, 9.17) is 9.84 Å². The first kappa shape index (κ1) is 39.9. The van der Waals surface area contributed by atoms with Gasteiger partial charge in [-0.3, -0.25) is 9.59 Å². The van der Waals surface area contributed by atoms with Gasteiger partial charge in [0.2, 0.25) is 0 Å². The summed E-state index contributed by atoms with van der Waals surface area (Å²) >= 11 is 0. The molecule has 0 aliphatic carbocycles. The Bertz CT molecular complexity index is 719. The molecule has 0 fully saturated rings. The molecule has 1 unspecified atom stereocenters. The highest BCUT2D eigenvalue weighted by Crippen LogP contribution is 2.17. The molecule has 0 spiro atoms. The van der Waals surface area contributed by atoms with Crippen LogP contribution in [0.4, 0.5) is 0 Å². The zero-order chi connectivity index (χ0) is 30.8. The van der Waals surface area contributed by atoms with Gasteiger partial charge in [-0.1, -0.05) is 133 Å². The van der Waals surface area contributed by atoms with Crippen molar-refractivity contribution in [2.45, 2.75) is 180 Å². The van der Waals surface area contributed by atoms with E-state index in [1.807, 2.05) is 0 Å². The molecule has 0 radical (unpaired) electrons. The highest BCUT2D eigenvalue weighted by atomic mass is 16.5. The van der Waals surface area contributed by atoms with Crippen LogP contribution in [0.3, 0.4) is 0 Å². The SMILES string of the molecule is CCCCC/C=C\C/C=C\C/C=C\C/C=C\CCCCCCCC(=O)OC(CCCCCCCCC)CCCC(=O)O. The highest BCUT2D eigenvalue weighted by molar-refractivity contribution is 5.69. The molecular formula is C38H66O4. The average Bonchev–Trinajstić information content (AvgIpc) is 2.97. The Labute approximate surface area is 260 Å². The van der Waals surface area contributed by atoms with Gasteiger partial charge in [-0.2, -0.15) is 0 Å². The molecule has 0 aromatic heterocycles. The normalized spacial score (nSPS) is 12.8. The maximum Gasteiger partial charge on any atom is 0.306 e. The van der Waals surface area contributed by atoms with Crippen molar-refractivity contribution >= 4 is 11.9 Å². The summed E-state index contributed by atoms with van der Waals surface area (Å²) in [7, 11) is 0. The fourth-order valence-electron chi connectivity index (χ4n) is 4.94. The van der Waals surface area contributed by atoms with E-state index in [2.05, 4.69) is 62.5 Å². The Morgan fingerprint density at radius 2 is 0.952 bits per heavy atom. The van der Waals surface area contributed by atoms with Crippen LogP contribution in [0, 0.1) is 0 Å². The summed E-state index contributed by atoms with van der Waals surface area (Å²) in [6.45, 7) is 4.47. The third-order valence-electron chi connectivity index (χ3n) is 7.55. The number of rotatable bonds is 31. The quantitative estimate of drug-likeness (QED) is 0.0498. The van der Waals surface area contributed by atoms with Crippen LogP contribution in [0.5, 0.6) is 0 Å². The molecule has 4 heteroatoms. The topological polar surface area (TPSA) is 63.6 Å². The summed E-state index contributed by atoms with van der Waals surface area (Å²) < 4.78 is 5.77. The Hall–Kier alpha value is -2.10. The van der Waals surface area contributed by atoms with Crippen LogP contribution >= 0.6 is 0 Å². The van der Waals surface area contributed by atoms with Crippen LogP contribution in [0.15, 0.2) is 48.6 Å². The lowest BCUT2D eigenvalue weighted by Crippen LogP contribution is -2.18. The van der Waals surface area contributed by atoms with Crippen molar-refractivity contribution in [3.63, 3.8) is 0 Å². The number of hydrogen-bond acceptors (Lipinski definition) is 3. The molecule has 0 heterocycles. The zero-order valence-electron chi connectivity index (χ0n) is 27.5. The molecule has 42 heavy (non-hydrogen) atoms. The zero-order valence-corrected chi connectivity index (χ0v) is 27.5. The van der Waals surface area contributed by atoms with Gasteiger partial charge in [-0.15, -0.1) is 0 Å². The van der Waals surface area contributed by atoms with E-state index >= 15 is 0 Å². The molecule has 0 saturated heterocycles. The fourth-order valence-corrected chi connectivity index (χ4v) is 4.94.